The molecular formula is C27H29F6N3O. The van der Waals surface area contributed by atoms with Crippen LogP contribution < -0.4 is 0 Å². The van der Waals surface area contributed by atoms with Gasteiger partial charge in [0.05, 0.1) is 25.4 Å². The Morgan fingerprint density at radius 2 is 1.78 bits per heavy atom. The van der Waals surface area contributed by atoms with Crippen molar-refractivity contribution in [1.29, 1.82) is 0 Å². The summed E-state index contributed by atoms with van der Waals surface area (Å²) in [6.07, 6.45) is -5.03. The Morgan fingerprint density at radius 3 is 2.43 bits per heavy atom. The molecule has 3 atom stereocenters. The number of halogens is 6. The zero-order chi connectivity index (χ0) is 26.5. The van der Waals surface area contributed by atoms with Gasteiger partial charge in [0.25, 0.3) is 0 Å². The molecule has 3 heterocycles. The van der Waals surface area contributed by atoms with E-state index in [4.69, 9.17) is 0 Å². The SMILES string of the molecule is C[C@@H]1Cc2c([nH]c3ccccc23)C(c2c(F)cc(C(O)C3CN(CCCF)C3)cc2F)N1CC(F)(F)F. The molecule has 0 saturated carbocycles. The highest BCUT2D eigenvalue weighted by atomic mass is 19.4. The maximum absolute atomic E-state index is 15.6. The first-order valence-electron chi connectivity index (χ1n) is 12.4. The van der Waals surface area contributed by atoms with Gasteiger partial charge in [-0.25, -0.2) is 8.78 Å². The van der Waals surface area contributed by atoms with Gasteiger partial charge >= 0.3 is 6.18 Å². The number of rotatable bonds is 7. The number of fused-ring (bicyclic) bond motifs is 3. The average Bonchev–Trinajstić information content (AvgIpc) is 3.16. The third-order valence-corrected chi connectivity index (χ3v) is 7.64. The second-order valence-electron chi connectivity index (χ2n) is 10.2. The number of H-pyrrole nitrogens is 1. The standard InChI is InChI=1S/C27H29F6N3O/c1-15-9-19-18-5-2-3-6-22(18)34-24(19)25(36(15)14-27(31,32)33)23-20(29)10-16(11-21(23)30)26(37)17-12-35(13-17)8-4-7-28/h2-3,5-6,10-11,15,17,25-26,34,37H,4,7-9,12-14H2,1H3/t15-,25?,26?/m1/s1. The van der Waals surface area contributed by atoms with E-state index in [-0.39, 0.29) is 11.5 Å². The van der Waals surface area contributed by atoms with Crippen LogP contribution in [0.2, 0.25) is 0 Å². The fourth-order valence-electron chi connectivity index (χ4n) is 5.85. The lowest BCUT2D eigenvalue weighted by molar-refractivity contribution is -0.155. The van der Waals surface area contributed by atoms with Gasteiger partial charge in [0.1, 0.15) is 11.6 Å². The summed E-state index contributed by atoms with van der Waals surface area (Å²) in [5.41, 5.74) is 1.35. The summed E-state index contributed by atoms with van der Waals surface area (Å²) >= 11 is 0. The topological polar surface area (TPSA) is 42.5 Å². The molecule has 0 radical (unpaired) electrons. The zero-order valence-electron chi connectivity index (χ0n) is 20.3. The second kappa shape index (κ2) is 9.96. The Balaban J connectivity index is 1.52. The van der Waals surface area contributed by atoms with E-state index in [0.29, 0.717) is 43.7 Å². The van der Waals surface area contributed by atoms with E-state index in [9.17, 15) is 22.7 Å². The van der Waals surface area contributed by atoms with Crippen LogP contribution in [0.15, 0.2) is 36.4 Å². The molecule has 1 aromatic heterocycles. The Labute approximate surface area is 210 Å². The van der Waals surface area contributed by atoms with Gasteiger partial charge in [-0.1, -0.05) is 18.2 Å². The molecule has 3 aromatic rings. The molecule has 5 rings (SSSR count). The van der Waals surface area contributed by atoms with Gasteiger partial charge < -0.3 is 15.0 Å². The third-order valence-electron chi connectivity index (χ3n) is 7.64. The number of hydrogen-bond acceptors (Lipinski definition) is 3. The summed E-state index contributed by atoms with van der Waals surface area (Å²) in [6, 6.07) is 7.33. The minimum absolute atomic E-state index is 0.0389. The fraction of sp³-hybridized carbons (Fsp3) is 0.481. The molecule has 2 N–H and O–H groups in total. The van der Waals surface area contributed by atoms with Crippen molar-refractivity contribution in [2.24, 2.45) is 5.92 Å². The van der Waals surface area contributed by atoms with Crippen LogP contribution in [0.5, 0.6) is 0 Å². The highest BCUT2D eigenvalue weighted by Crippen LogP contribution is 2.44. The van der Waals surface area contributed by atoms with E-state index in [0.717, 1.165) is 28.0 Å². The highest BCUT2D eigenvalue weighted by molar-refractivity contribution is 5.85. The Kier molecular flexibility index (Phi) is 7.02. The van der Waals surface area contributed by atoms with E-state index in [2.05, 4.69) is 4.98 Å². The first-order chi connectivity index (χ1) is 17.6. The number of nitrogens with zero attached hydrogens (tertiary/aromatic N) is 2. The molecule has 0 spiro atoms. The van der Waals surface area contributed by atoms with Crippen molar-refractivity contribution in [2.75, 3.05) is 32.9 Å². The van der Waals surface area contributed by atoms with Crippen LogP contribution in [0.3, 0.4) is 0 Å². The third kappa shape index (κ3) is 4.98. The normalized spacial score (nSPS) is 22.3. The Hall–Kier alpha value is -2.56. The number of aliphatic hydroxyl groups is 1. The molecule has 10 heteroatoms. The summed E-state index contributed by atoms with van der Waals surface area (Å²) in [6.45, 7) is 1.36. The monoisotopic (exact) mass is 525 g/mol. The number of aromatic nitrogens is 1. The van der Waals surface area contributed by atoms with Gasteiger partial charge in [-0.2, -0.15) is 13.2 Å². The van der Waals surface area contributed by atoms with Crippen LogP contribution in [0.1, 0.15) is 47.9 Å². The van der Waals surface area contributed by atoms with Crippen LogP contribution in [0, 0.1) is 17.6 Å². The number of aliphatic hydroxyl groups excluding tert-OH is 1. The Bertz CT molecular complexity index is 1250. The average molecular weight is 526 g/mol. The lowest BCUT2D eigenvalue weighted by Crippen LogP contribution is -2.49. The van der Waals surface area contributed by atoms with Gasteiger partial charge in [0.2, 0.25) is 0 Å². The number of para-hydroxylation sites is 1. The van der Waals surface area contributed by atoms with Gasteiger partial charge in [0, 0.05) is 53.8 Å². The highest BCUT2D eigenvalue weighted by Gasteiger charge is 2.44. The molecule has 2 aliphatic rings. The van der Waals surface area contributed by atoms with Gasteiger partial charge in [0.15, 0.2) is 0 Å². The molecule has 2 unspecified atom stereocenters. The molecule has 4 nitrogen and oxygen atoms in total. The summed E-state index contributed by atoms with van der Waals surface area (Å²) in [7, 11) is 0. The van der Waals surface area contributed by atoms with Crippen LogP contribution in [0.4, 0.5) is 26.3 Å². The Morgan fingerprint density at radius 1 is 1.11 bits per heavy atom. The summed E-state index contributed by atoms with van der Waals surface area (Å²) < 4.78 is 84.5. The molecule has 1 fully saturated rings. The molecule has 2 aromatic carbocycles. The number of aromatic amines is 1. The lowest BCUT2D eigenvalue weighted by atomic mass is 9.85. The first kappa shape index (κ1) is 26.1. The maximum Gasteiger partial charge on any atom is 0.401 e. The minimum atomic E-state index is -4.57. The minimum Gasteiger partial charge on any atom is -0.388 e. The molecular weight excluding hydrogens is 496 g/mol. The van der Waals surface area contributed by atoms with E-state index in [1.807, 2.05) is 17.0 Å². The predicted octanol–water partition coefficient (Wildman–Crippen LogP) is 5.67. The number of alkyl halides is 4. The van der Waals surface area contributed by atoms with Gasteiger partial charge in [-0.05, 0) is 49.1 Å². The summed E-state index contributed by atoms with van der Waals surface area (Å²) in [4.78, 5) is 6.16. The molecule has 200 valence electrons. The van der Waals surface area contributed by atoms with E-state index < -0.39 is 54.8 Å². The quantitative estimate of drug-likeness (QED) is 0.391. The first-order valence-corrected chi connectivity index (χ1v) is 12.4. The predicted molar refractivity (Wildman–Crippen MR) is 128 cm³/mol. The second-order valence-corrected chi connectivity index (χ2v) is 10.2. The van der Waals surface area contributed by atoms with Crippen LogP contribution in [-0.4, -0.2) is 65.0 Å². The van der Waals surface area contributed by atoms with Gasteiger partial charge in [-0.3, -0.25) is 9.29 Å². The van der Waals surface area contributed by atoms with Crippen molar-refractivity contribution in [1.82, 2.24) is 14.8 Å². The van der Waals surface area contributed by atoms with Gasteiger partial charge in [-0.15, -0.1) is 0 Å². The van der Waals surface area contributed by atoms with Crippen molar-refractivity contribution in [3.63, 3.8) is 0 Å². The molecule has 2 aliphatic heterocycles. The van der Waals surface area contributed by atoms with Crippen LogP contribution in [-0.2, 0) is 6.42 Å². The van der Waals surface area contributed by atoms with Crippen LogP contribution >= 0.6 is 0 Å². The summed E-state index contributed by atoms with van der Waals surface area (Å²) in [5.74, 6) is -2.27. The smallest absolute Gasteiger partial charge is 0.388 e. The number of benzene rings is 2. The number of likely N-dealkylation sites (tertiary alicyclic amines) is 1. The van der Waals surface area contributed by atoms with Crippen molar-refractivity contribution in [2.45, 2.75) is 44.1 Å². The van der Waals surface area contributed by atoms with E-state index >= 15 is 8.78 Å². The van der Waals surface area contributed by atoms with E-state index in [1.54, 1.807) is 19.1 Å². The van der Waals surface area contributed by atoms with E-state index in [1.165, 1.54) is 0 Å². The number of hydrogen-bond donors (Lipinski definition) is 2. The number of nitrogens with one attached hydrogen (secondary N) is 1. The lowest BCUT2D eigenvalue weighted by Gasteiger charge is -2.42. The molecule has 0 amide bonds. The molecule has 1 saturated heterocycles. The van der Waals surface area contributed by atoms with Crippen molar-refractivity contribution in [3.8, 4) is 0 Å². The maximum atomic E-state index is 15.6. The van der Waals surface area contributed by atoms with Crippen LogP contribution in [0.25, 0.3) is 10.9 Å². The van der Waals surface area contributed by atoms with Crippen molar-refractivity contribution in [3.05, 3.63) is 70.4 Å². The van der Waals surface area contributed by atoms with Crippen molar-refractivity contribution >= 4 is 10.9 Å². The summed E-state index contributed by atoms with van der Waals surface area (Å²) in [5, 5.41) is 11.6. The molecule has 0 aliphatic carbocycles. The zero-order valence-corrected chi connectivity index (χ0v) is 20.3. The van der Waals surface area contributed by atoms with Crippen molar-refractivity contribution < 1.29 is 31.4 Å². The largest absolute Gasteiger partial charge is 0.401 e. The molecule has 37 heavy (non-hydrogen) atoms. The molecule has 0 bridgehead atoms. The fourth-order valence-corrected chi connectivity index (χ4v) is 5.85.